The summed E-state index contributed by atoms with van der Waals surface area (Å²) in [7, 11) is 3.34. The molecule has 2 aliphatic rings. The first-order valence-corrected chi connectivity index (χ1v) is 9.07. The van der Waals surface area contributed by atoms with E-state index in [9.17, 15) is 5.11 Å². The van der Waals surface area contributed by atoms with Crippen LogP contribution in [-0.2, 0) is 0 Å². The second-order valence-electron chi connectivity index (χ2n) is 6.26. The van der Waals surface area contributed by atoms with E-state index in [1.807, 2.05) is 6.07 Å². The third kappa shape index (κ3) is 3.08. The van der Waals surface area contributed by atoms with Crippen LogP contribution in [0.2, 0.25) is 0 Å². The van der Waals surface area contributed by atoms with Crippen LogP contribution in [0.3, 0.4) is 0 Å². The van der Waals surface area contributed by atoms with Gasteiger partial charge < -0.3 is 14.6 Å². The maximum absolute atomic E-state index is 10.3. The molecule has 4 nitrogen and oxygen atoms in total. The standard InChI is InChI=1S/C17H24INO3/c1-21-16-9-13(14(18)10-17(16)22-2)15-8-12(20)7-11-5-3-4-6-19(11)15/h9-12,15,20H,3-8H2,1-2H3/t11-,12+,15+/m1/s1. The molecule has 0 bridgehead atoms. The largest absolute Gasteiger partial charge is 0.493 e. The minimum absolute atomic E-state index is 0.201. The predicted octanol–water partition coefficient (Wildman–Crippen LogP) is 3.36. The summed E-state index contributed by atoms with van der Waals surface area (Å²) in [5.41, 5.74) is 1.25. The SMILES string of the molecule is COc1cc(I)c([C@@H]2C[C@@H](O)C[C@H]3CCCCN32)cc1OC. The highest BCUT2D eigenvalue weighted by Gasteiger charge is 2.37. The summed E-state index contributed by atoms with van der Waals surface area (Å²) in [5, 5.41) is 10.3. The molecule has 0 radical (unpaired) electrons. The van der Waals surface area contributed by atoms with Crippen molar-refractivity contribution < 1.29 is 14.6 Å². The number of hydrogen-bond donors (Lipinski definition) is 1. The van der Waals surface area contributed by atoms with Crippen molar-refractivity contribution in [3.8, 4) is 11.5 Å². The Morgan fingerprint density at radius 1 is 1.14 bits per heavy atom. The van der Waals surface area contributed by atoms with Crippen LogP contribution in [0.25, 0.3) is 0 Å². The van der Waals surface area contributed by atoms with E-state index in [2.05, 4.69) is 33.6 Å². The molecule has 122 valence electrons. The normalized spacial score (nSPS) is 29.0. The summed E-state index contributed by atoms with van der Waals surface area (Å²) in [5.74, 6) is 1.54. The number of rotatable bonds is 3. The lowest BCUT2D eigenvalue weighted by atomic mass is 9.84. The van der Waals surface area contributed by atoms with Crippen LogP contribution in [-0.4, -0.2) is 42.9 Å². The summed E-state index contributed by atoms with van der Waals surface area (Å²) in [4.78, 5) is 2.60. The fraction of sp³-hybridized carbons (Fsp3) is 0.647. The van der Waals surface area contributed by atoms with Gasteiger partial charge in [-0.1, -0.05) is 6.42 Å². The molecule has 1 N–H and O–H groups in total. The van der Waals surface area contributed by atoms with Crippen LogP contribution in [0.15, 0.2) is 12.1 Å². The number of benzene rings is 1. The van der Waals surface area contributed by atoms with Gasteiger partial charge in [0.05, 0.1) is 20.3 Å². The number of halogens is 1. The minimum atomic E-state index is -0.201. The van der Waals surface area contributed by atoms with E-state index < -0.39 is 0 Å². The summed E-state index contributed by atoms with van der Waals surface area (Å²) in [6.45, 7) is 1.13. The second-order valence-corrected chi connectivity index (χ2v) is 7.42. The molecule has 0 amide bonds. The van der Waals surface area contributed by atoms with Gasteiger partial charge in [0.1, 0.15) is 0 Å². The number of nitrogens with zero attached hydrogens (tertiary/aromatic N) is 1. The Balaban J connectivity index is 1.97. The third-order valence-electron chi connectivity index (χ3n) is 4.97. The molecule has 5 heteroatoms. The van der Waals surface area contributed by atoms with Gasteiger partial charge in [0.2, 0.25) is 0 Å². The zero-order chi connectivity index (χ0) is 15.7. The summed E-state index contributed by atoms with van der Waals surface area (Å²) < 4.78 is 12.0. The summed E-state index contributed by atoms with van der Waals surface area (Å²) in [6, 6.07) is 4.93. The Kier molecular flexibility index (Phi) is 5.14. The van der Waals surface area contributed by atoms with E-state index in [-0.39, 0.29) is 12.1 Å². The van der Waals surface area contributed by atoms with Crippen LogP contribution >= 0.6 is 22.6 Å². The third-order valence-corrected chi connectivity index (χ3v) is 5.91. The molecule has 1 aromatic carbocycles. The molecule has 3 atom stereocenters. The molecule has 0 spiro atoms. The van der Waals surface area contributed by atoms with E-state index >= 15 is 0 Å². The Hall–Kier alpha value is -0.530. The molecule has 2 heterocycles. The average molecular weight is 417 g/mol. The van der Waals surface area contributed by atoms with Crippen molar-refractivity contribution in [3.05, 3.63) is 21.3 Å². The van der Waals surface area contributed by atoms with E-state index in [0.717, 1.165) is 30.9 Å². The molecule has 0 aromatic heterocycles. The first kappa shape index (κ1) is 16.3. The van der Waals surface area contributed by atoms with E-state index in [1.165, 1.54) is 28.4 Å². The highest BCUT2D eigenvalue weighted by Crippen LogP contribution is 2.43. The van der Waals surface area contributed by atoms with Crippen LogP contribution in [0.4, 0.5) is 0 Å². The molecule has 0 unspecified atom stereocenters. The van der Waals surface area contributed by atoms with Gasteiger partial charge >= 0.3 is 0 Å². The van der Waals surface area contributed by atoms with Crippen LogP contribution in [0.1, 0.15) is 43.7 Å². The monoisotopic (exact) mass is 417 g/mol. The number of aliphatic hydroxyl groups excluding tert-OH is 1. The first-order valence-electron chi connectivity index (χ1n) is 7.99. The smallest absolute Gasteiger partial charge is 0.161 e. The molecule has 3 rings (SSSR count). The molecular formula is C17H24INO3. The van der Waals surface area contributed by atoms with Gasteiger partial charge in [-0.3, -0.25) is 4.90 Å². The molecule has 2 saturated heterocycles. The number of aliphatic hydroxyl groups is 1. The Labute approximate surface area is 145 Å². The van der Waals surface area contributed by atoms with Gasteiger partial charge in [-0.2, -0.15) is 0 Å². The van der Waals surface area contributed by atoms with Crippen LogP contribution in [0, 0.1) is 3.57 Å². The highest BCUT2D eigenvalue weighted by atomic mass is 127. The number of fused-ring (bicyclic) bond motifs is 1. The minimum Gasteiger partial charge on any atom is -0.493 e. The highest BCUT2D eigenvalue weighted by molar-refractivity contribution is 14.1. The van der Waals surface area contributed by atoms with Crippen molar-refractivity contribution in [2.24, 2.45) is 0 Å². The summed E-state index contributed by atoms with van der Waals surface area (Å²) in [6.07, 6.45) is 5.27. The lowest BCUT2D eigenvalue weighted by molar-refractivity contribution is -0.0182. The van der Waals surface area contributed by atoms with Crippen molar-refractivity contribution in [2.45, 2.75) is 50.3 Å². The van der Waals surface area contributed by atoms with Crippen LogP contribution < -0.4 is 9.47 Å². The molecule has 22 heavy (non-hydrogen) atoms. The van der Waals surface area contributed by atoms with Crippen molar-refractivity contribution in [1.82, 2.24) is 4.90 Å². The fourth-order valence-corrected chi connectivity index (χ4v) is 4.72. The number of methoxy groups -OCH3 is 2. The topological polar surface area (TPSA) is 41.9 Å². The average Bonchev–Trinajstić information content (AvgIpc) is 2.53. The Bertz CT molecular complexity index is 537. The predicted molar refractivity (Wildman–Crippen MR) is 94.6 cm³/mol. The van der Waals surface area contributed by atoms with E-state index in [1.54, 1.807) is 14.2 Å². The molecule has 2 aliphatic heterocycles. The van der Waals surface area contributed by atoms with Gasteiger partial charge in [-0.15, -0.1) is 0 Å². The van der Waals surface area contributed by atoms with Gasteiger partial charge in [-0.05, 0) is 72.5 Å². The molecule has 2 fully saturated rings. The number of ether oxygens (including phenoxy) is 2. The van der Waals surface area contributed by atoms with Crippen molar-refractivity contribution in [3.63, 3.8) is 0 Å². The van der Waals surface area contributed by atoms with Crippen LogP contribution in [0.5, 0.6) is 11.5 Å². The molecule has 0 aliphatic carbocycles. The van der Waals surface area contributed by atoms with Gasteiger partial charge in [-0.25, -0.2) is 0 Å². The first-order chi connectivity index (χ1) is 10.6. The molecular weight excluding hydrogens is 393 g/mol. The van der Waals surface area contributed by atoms with E-state index in [0.29, 0.717) is 6.04 Å². The number of hydrogen-bond acceptors (Lipinski definition) is 4. The van der Waals surface area contributed by atoms with Crippen molar-refractivity contribution in [2.75, 3.05) is 20.8 Å². The summed E-state index contributed by atoms with van der Waals surface area (Å²) >= 11 is 2.37. The fourth-order valence-electron chi connectivity index (χ4n) is 3.92. The van der Waals surface area contributed by atoms with Crippen molar-refractivity contribution in [1.29, 1.82) is 0 Å². The molecule has 1 aromatic rings. The number of piperidine rings is 2. The second kappa shape index (κ2) is 6.93. The Morgan fingerprint density at radius 2 is 1.86 bits per heavy atom. The molecule has 0 saturated carbocycles. The zero-order valence-corrected chi connectivity index (χ0v) is 15.4. The maximum atomic E-state index is 10.3. The Morgan fingerprint density at radius 3 is 2.59 bits per heavy atom. The lowest BCUT2D eigenvalue weighted by Gasteiger charge is -2.47. The zero-order valence-electron chi connectivity index (χ0n) is 13.2. The lowest BCUT2D eigenvalue weighted by Crippen LogP contribution is -2.48. The van der Waals surface area contributed by atoms with E-state index in [4.69, 9.17) is 9.47 Å². The van der Waals surface area contributed by atoms with Gasteiger partial charge in [0.25, 0.3) is 0 Å². The maximum Gasteiger partial charge on any atom is 0.161 e. The van der Waals surface area contributed by atoms with Gasteiger partial charge in [0, 0.05) is 15.7 Å². The van der Waals surface area contributed by atoms with Gasteiger partial charge in [0.15, 0.2) is 11.5 Å². The van der Waals surface area contributed by atoms with Crippen molar-refractivity contribution >= 4 is 22.6 Å². The quantitative estimate of drug-likeness (QED) is 0.767.